The van der Waals surface area contributed by atoms with Crippen molar-refractivity contribution in [3.05, 3.63) is 139 Å². The van der Waals surface area contributed by atoms with Crippen LogP contribution in [0.15, 0.2) is 127 Å². The van der Waals surface area contributed by atoms with Gasteiger partial charge in [0.05, 0.1) is 22.1 Å². The van der Waals surface area contributed by atoms with E-state index in [0.29, 0.717) is 17.5 Å². The molecule has 0 unspecified atom stereocenters. The predicted octanol–water partition coefficient (Wildman–Crippen LogP) is 8.52. The Morgan fingerprint density at radius 3 is 1.62 bits per heavy atom. The van der Waals surface area contributed by atoms with Crippen molar-refractivity contribution in [3.63, 3.8) is 0 Å². The maximum atomic E-state index is 5.24. The Morgan fingerprint density at radius 2 is 1.00 bits per heavy atom. The fourth-order valence-corrected chi connectivity index (χ4v) is 6.05. The molecular formula is C37H27N5. The highest BCUT2D eigenvalue weighted by atomic mass is 15.1. The minimum Gasteiger partial charge on any atom is -0.295 e. The van der Waals surface area contributed by atoms with E-state index in [9.17, 15) is 0 Å². The minimum atomic E-state index is -0.164. The summed E-state index contributed by atoms with van der Waals surface area (Å²) in [4.78, 5) is 19.8. The maximum Gasteiger partial charge on any atom is 0.164 e. The lowest BCUT2D eigenvalue weighted by Crippen LogP contribution is -2.16. The molecule has 0 atom stereocenters. The molecule has 0 spiro atoms. The molecule has 1 aliphatic heterocycles. The lowest BCUT2D eigenvalue weighted by molar-refractivity contribution is 0.621. The van der Waals surface area contributed by atoms with Crippen LogP contribution >= 0.6 is 0 Å². The second kappa shape index (κ2) is 9.32. The molecule has 1 aliphatic rings. The second-order valence-corrected chi connectivity index (χ2v) is 11.2. The molecule has 5 nitrogen and oxygen atoms in total. The molecule has 0 N–H and O–H groups in total. The van der Waals surface area contributed by atoms with Gasteiger partial charge in [0.25, 0.3) is 0 Å². The lowest BCUT2D eigenvalue weighted by Gasteiger charge is -2.17. The van der Waals surface area contributed by atoms with Crippen molar-refractivity contribution in [2.24, 2.45) is 0 Å². The van der Waals surface area contributed by atoms with E-state index in [1.54, 1.807) is 0 Å². The van der Waals surface area contributed by atoms with Gasteiger partial charge in [-0.1, -0.05) is 115 Å². The molecular weight excluding hydrogens is 514 g/mol. The number of hydrogen-bond acceptors (Lipinski definition) is 4. The third-order valence-electron chi connectivity index (χ3n) is 8.22. The molecule has 0 saturated heterocycles. The van der Waals surface area contributed by atoms with Crippen molar-refractivity contribution in [2.45, 2.75) is 19.3 Å². The Kier molecular flexibility index (Phi) is 5.41. The minimum absolute atomic E-state index is 0.164. The average Bonchev–Trinajstić information content (AvgIpc) is 3.55. The van der Waals surface area contributed by atoms with Gasteiger partial charge in [0.15, 0.2) is 17.5 Å². The van der Waals surface area contributed by atoms with Gasteiger partial charge in [-0.05, 0) is 37.1 Å². The van der Waals surface area contributed by atoms with Crippen LogP contribution in [0.3, 0.4) is 0 Å². The molecule has 2 aromatic heterocycles. The topological polar surface area (TPSA) is 56.5 Å². The van der Waals surface area contributed by atoms with E-state index < -0.39 is 0 Å². The van der Waals surface area contributed by atoms with Gasteiger partial charge >= 0.3 is 0 Å². The number of hydrogen-bond donors (Lipinski definition) is 0. The average molecular weight is 542 g/mol. The zero-order valence-electron chi connectivity index (χ0n) is 23.4. The number of imidazole rings is 1. The first kappa shape index (κ1) is 24.4. The molecule has 0 radical (unpaired) electrons. The SMILES string of the molecule is CC1(C)c2ccccc2-n2c1nc1c(-c3ccc(-c4nc(-c5ccccc5)nc(-c5ccccc5)n4)cc3)cccc12. The Balaban J connectivity index is 1.23. The Labute approximate surface area is 244 Å². The highest BCUT2D eigenvalue weighted by Gasteiger charge is 2.38. The summed E-state index contributed by atoms with van der Waals surface area (Å²) in [5.41, 5.74) is 9.57. The van der Waals surface area contributed by atoms with E-state index >= 15 is 0 Å². The van der Waals surface area contributed by atoms with Crippen LogP contribution in [0.4, 0.5) is 0 Å². The van der Waals surface area contributed by atoms with Crippen LogP contribution in [0, 0.1) is 0 Å². The summed E-state index contributed by atoms with van der Waals surface area (Å²) in [5, 5.41) is 0. The quantitative estimate of drug-likeness (QED) is 0.224. The summed E-state index contributed by atoms with van der Waals surface area (Å²) in [6.07, 6.45) is 0. The van der Waals surface area contributed by atoms with Gasteiger partial charge < -0.3 is 0 Å². The first-order chi connectivity index (χ1) is 20.6. The molecule has 5 heteroatoms. The summed E-state index contributed by atoms with van der Waals surface area (Å²) >= 11 is 0. The Morgan fingerprint density at radius 1 is 0.476 bits per heavy atom. The highest BCUT2D eigenvalue weighted by molar-refractivity contribution is 5.94. The molecule has 200 valence electrons. The standard InChI is InChI=1S/C37H27N5/c1-37(2)29-17-9-10-18-30(29)42-31-19-11-16-28(32(31)38-36(37)42)24-20-22-27(23-21-24)35-40-33(25-12-5-3-6-13-25)39-34(41-35)26-14-7-4-8-15-26/h3-23H,1-2H3. The molecule has 0 amide bonds. The van der Waals surface area contributed by atoms with Crippen LogP contribution < -0.4 is 0 Å². The lowest BCUT2D eigenvalue weighted by atomic mass is 9.85. The third kappa shape index (κ3) is 3.78. The van der Waals surface area contributed by atoms with Gasteiger partial charge in [-0.25, -0.2) is 19.9 Å². The van der Waals surface area contributed by atoms with Gasteiger partial charge in [-0.15, -0.1) is 0 Å². The van der Waals surface area contributed by atoms with Crippen LogP contribution in [0.2, 0.25) is 0 Å². The molecule has 0 saturated carbocycles. The maximum absolute atomic E-state index is 5.24. The summed E-state index contributed by atoms with van der Waals surface area (Å²) in [7, 11) is 0. The number of fused-ring (bicyclic) bond motifs is 5. The fourth-order valence-electron chi connectivity index (χ4n) is 6.05. The smallest absolute Gasteiger partial charge is 0.164 e. The van der Waals surface area contributed by atoms with E-state index in [2.05, 4.69) is 85.1 Å². The fraction of sp³-hybridized carbons (Fsp3) is 0.0811. The molecule has 5 aromatic carbocycles. The predicted molar refractivity (Wildman–Crippen MR) is 168 cm³/mol. The summed E-state index contributed by atoms with van der Waals surface area (Å²) in [6.45, 7) is 4.51. The van der Waals surface area contributed by atoms with Crippen molar-refractivity contribution >= 4 is 11.0 Å². The van der Waals surface area contributed by atoms with Crippen LogP contribution in [0.25, 0.3) is 62.0 Å². The number of nitrogens with zero attached hydrogens (tertiary/aromatic N) is 5. The molecule has 42 heavy (non-hydrogen) atoms. The number of para-hydroxylation sites is 2. The van der Waals surface area contributed by atoms with E-state index in [-0.39, 0.29) is 5.41 Å². The van der Waals surface area contributed by atoms with Crippen molar-refractivity contribution < 1.29 is 0 Å². The van der Waals surface area contributed by atoms with Crippen LogP contribution in [0.5, 0.6) is 0 Å². The first-order valence-electron chi connectivity index (χ1n) is 14.2. The van der Waals surface area contributed by atoms with E-state index in [0.717, 1.165) is 44.7 Å². The molecule has 0 bridgehead atoms. The summed E-state index contributed by atoms with van der Waals surface area (Å²) < 4.78 is 2.32. The van der Waals surface area contributed by atoms with Gasteiger partial charge in [0, 0.05) is 22.3 Å². The van der Waals surface area contributed by atoms with Gasteiger partial charge in [0.1, 0.15) is 5.82 Å². The van der Waals surface area contributed by atoms with Crippen LogP contribution in [-0.4, -0.2) is 24.5 Å². The van der Waals surface area contributed by atoms with Crippen molar-refractivity contribution in [1.29, 1.82) is 0 Å². The molecule has 8 rings (SSSR count). The monoisotopic (exact) mass is 541 g/mol. The third-order valence-corrected chi connectivity index (χ3v) is 8.22. The van der Waals surface area contributed by atoms with E-state index in [4.69, 9.17) is 19.9 Å². The second-order valence-electron chi connectivity index (χ2n) is 11.2. The van der Waals surface area contributed by atoms with Gasteiger partial charge in [0.2, 0.25) is 0 Å². The number of benzene rings is 5. The Bertz CT molecular complexity index is 2040. The van der Waals surface area contributed by atoms with E-state index in [1.165, 1.54) is 11.3 Å². The zero-order chi connectivity index (χ0) is 28.3. The largest absolute Gasteiger partial charge is 0.295 e. The normalized spacial score (nSPS) is 13.2. The van der Waals surface area contributed by atoms with Crippen molar-refractivity contribution in [3.8, 4) is 51.0 Å². The molecule has 7 aromatic rings. The molecule has 0 aliphatic carbocycles. The summed E-state index contributed by atoms with van der Waals surface area (Å²) in [5.74, 6) is 3.04. The highest BCUT2D eigenvalue weighted by Crippen LogP contribution is 2.45. The van der Waals surface area contributed by atoms with E-state index in [1.807, 2.05) is 60.7 Å². The Hall–Kier alpha value is -5.42. The molecule has 0 fully saturated rings. The number of rotatable bonds is 4. The first-order valence-corrected chi connectivity index (χ1v) is 14.2. The van der Waals surface area contributed by atoms with Crippen molar-refractivity contribution in [1.82, 2.24) is 24.5 Å². The summed E-state index contributed by atoms with van der Waals surface area (Å²) in [6, 6.07) is 43.7. The van der Waals surface area contributed by atoms with Crippen LogP contribution in [0.1, 0.15) is 25.2 Å². The number of aromatic nitrogens is 5. The zero-order valence-corrected chi connectivity index (χ0v) is 23.4. The molecule has 3 heterocycles. The van der Waals surface area contributed by atoms with Crippen molar-refractivity contribution in [2.75, 3.05) is 0 Å². The van der Waals surface area contributed by atoms with Gasteiger partial charge in [-0.2, -0.15) is 0 Å². The van der Waals surface area contributed by atoms with Gasteiger partial charge in [-0.3, -0.25) is 4.57 Å². The van der Waals surface area contributed by atoms with Crippen LogP contribution in [-0.2, 0) is 5.41 Å².